The van der Waals surface area contributed by atoms with E-state index in [4.69, 9.17) is 6.42 Å². The molecule has 0 saturated carbocycles. The fourth-order valence-corrected chi connectivity index (χ4v) is 1.84. The highest BCUT2D eigenvalue weighted by Gasteiger charge is 2.13. The van der Waals surface area contributed by atoms with Crippen LogP contribution < -0.4 is 10.6 Å². The van der Waals surface area contributed by atoms with E-state index in [2.05, 4.69) is 16.6 Å². The molecule has 3 nitrogen and oxygen atoms in total. The number of terminal acetylenes is 1. The number of hydrogen-bond donors (Lipinski definition) is 2. The Morgan fingerprint density at radius 1 is 1.53 bits per heavy atom. The number of carbonyl (C=O) groups is 1. The summed E-state index contributed by atoms with van der Waals surface area (Å²) in [7, 11) is 0. The van der Waals surface area contributed by atoms with Crippen molar-refractivity contribution in [2.24, 2.45) is 0 Å². The molecule has 0 spiro atoms. The Morgan fingerprint density at radius 2 is 2.40 bits per heavy atom. The number of piperidine rings is 1. The average Bonchev–Trinajstić information content (AvgIpc) is 2.28. The van der Waals surface area contributed by atoms with Crippen LogP contribution in [0.4, 0.5) is 0 Å². The number of hydrogen-bond acceptors (Lipinski definition) is 2. The van der Waals surface area contributed by atoms with Crippen molar-refractivity contribution in [3.8, 4) is 12.3 Å². The van der Waals surface area contributed by atoms with Crippen molar-refractivity contribution in [1.82, 2.24) is 10.6 Å². The first-order valence-corrected chi connectivity index (χ1v) is 5.76. The quantitative estimate of drug-likeness (QED) is 0.524. The molecule has 1 aliphatic heterocycles. The minimum atomic E-state index is 0.123. The SMILES string of the molecule is C#CCCNC(=O)CCC1CCCCN1. The molecule has 1 atom stereocenters. The highest BCUT2D eigenvalue weighted by atomic mass is 16.1. The summed E-state index contributed by atoms with van der Waals surface area (Å²) in [6.45, 7) is 1.71. The number of rotatable bonds is 5. The van der Waals surface area contributed by atoms with Gasteiger partial charge in [0.15, 0.2) is 0 Å². The second-order valence-corrected chi connectivity index (χ2v) is 3.99. The van der Waals surface area contributed by atoms with Crippen LogP contribution in [0.15, 0.2) is 0 Å². The summed E-state index contributed by atoms with van der Waals surface area (Å²) in [6.07, 6.45) is 11.0. The van der Waals surface area contributed by atoms with Gasteiger partial charge in [0, 0.05) is 25.4 Å². The molecule has 0 aliphatic carbocycles. The molecule has 1 unspecified atom stereocenters. The van der Waals surface area contributed by atoms with E-state index in [9.17, 15) is 4.79 Å². The maximum atomic E-state index is 11.4. The minimum Gasteiger partial charge on any atom is -0.355 e. The molecule has 1 saturated heterocycles. The van der Waals surface area contributed by atoms with Crippen molar-refractivity contribution in [1.29, 1.82) is 0 Å². The van der Waals surface area contributed by atoms with Crippen molar-refractivity contribution in [2.75, 3.05) is 13.1 Å². The normalized spacial score (nSPS) is 20.6. The Kier molecular flexibility index (Phi) is 5.87. The second-order valence-electron chi connectivity index (χ2n) is 3.99. The van der Waals surface area contributed by atoms with Gasteiger partial charge < -0.3 is 10.6 Å². The first-order chi connectivity index (χ1) is 7.33. The zero-order valence-electron chi connectivity index (χ0n) is 9.22. The van der Waals surface area contributed by atoms with Gasteiger partial charge in [-0.1, -0.05) is 6.42 Å². The Hall–Kier alpha value is -1.01. The molecule has 2 N–H and O–H groups in total. The van der Waals surface area contributed by atoms with Gasteiger partial charge in [0.1, 0.15) is 0 Å². The molecule has 1 rings (SSSR count). The summed E-state index contributed by atoms with van der Waals surface area (Å²) in [5, 5.41) is 6.24. The standard InChI is InChI=1S/C12H20N2O/c1-2-3-9-14-12(15)8-7-11-6-4-5-10-13-11/h1,11,13H,3-10H2,(H,14,15). The highest BCUT2D eigenvalue weighted by molar-refractivity contribution is 5.75. The number of nitrogens with one attached hydrogen (secondary N) is 2. The van der Waals surface area contributed by atoms with Crippen molar-refractivity contribution < 1.29 is 4.79 Å². The molecule has 1 fully saturated rings. The zero-order valence-corrected chi connectivity index (χ0v) is 9.22. The van der Waals surface area contributed by atoms with Crippen molar-refractivity contribution in [3.63, 3.8) is 0 Å². The van der Waals surface area contributed by atoms with E-state index in [0.717, 1.165) is 13.0 Å². The van der Waals surface area contributed by atoms with E-state index in [-0.39, 0.29) is 5.91 Å². The van der Waals surface area contributed by atoms with Gasteiger partial charge in [0.25, 0.3) is 0 Å². The second kappa shape index (κ2) is 7.30. The lowest BCUT2D eigenvalue weighted by atomic mass is 10.0. The van der Waals surface area contributed by atoms with E-state index in [1.165, 1.54) is 19.3 Å². The lowest BCUT2D eigenvalue weighted by Gasteiger charge is -2.22. The van der Waals surface area contributed by atoms with Gasteiger partial charge in [-0.3, -0.25) is 4.79 Å². The molecule has 1 amide bonds. The summed E-state index contributed by atoms with van der Waals surface area (Å²) >= 11 is 0. The van der Waals surface area contributed by atoms with Gasteiger partial charge in [0.2, 0.25) is 5.91 Å². The van der Waals surface area contributed by atoms with Crippen LogP contribution in [-0.4, -0.2) is 25.0 Å². The Labute approximate surface area is 92.0 Å². The van der Waals surface area contributed by atoms with Crippen LogP contribution in [0.2, 0.25) is 0 Å². The first kappa shape index (κ1) is 12.1. The van der Waals surface area contributed by atoms with Crippen LogP contribution in [0.1, 0.15) is 38.5 Å². The number of amides is 1. The van der Waals surface area contributed by atoms with E-state index in [1.54, 1.807) is 0 Å². The number of carbonyl (C=O) groups excluding carboxylic acids is 1. The fourth-order valence-electron chi connectivity index (χ4n) is 1.84. The van der Waals surface area contributed by atoms with Crippen LogP contribution in [-0.2, 0) is 4.79 Å². The summed E-state index contributed by atoms with van der Waals surface area (Å²) in [5.74, 6) is 2.62. The molecule has 0 bridgehead atoms. The molecule has 3 heteroatoms. The van der Waals surface area contributed by atoms with E-state index in [1.807, 2.05) is 0 Å². The average molecular weight is 208 g/mol. The van der Waals surface area contributed by atoms with Gasteiger partial charge in [0.05, 0.1) is 0 Å². The molecule has 1 heterocycles. The molecule has 0 aromatic rings. The largest absolute Gasteiger partial charge is 0.355 e. The zero-order chi connectivity index (χ0) is 10.9. The maximum Gasteiger partial charge on any atom is 0.220 e. The van der Waals surface area contributed by atoms with Gasteiger partial charge in [-0.25, -0.2) is 0 Å². The van der Waals surface area contributed by atoms with Crippen LogP contribution in [0.25, 0.3) is 0 Å². The third kappa shape index (κ3) is 5.44. The summed E-state index contributed by atoms with van der Waals surface area (Å²) in [5.41, 5.74) is 0. The Bertz CT molecular complexity index is 226. The monoisotopic (exact) mass is 208 g/mol. The van der Waals surface area contributed by atoms with Crippen molar-refractivity contribution >= 4 is 5.91 Å². The lowest BCUT2D eigenvalue weighted by Crippen LogP contribution is -2.35. The molecule has 0 aromatic carbocycles. The molecule has 0 radical (unpaired) electrons. The molecule has 15 heavy (non-hydrogen) atoms. The maximum absolute atomic E-state index is 11.4. The van der Waals surface area contributed by atoms with Crippen LogP contribution in [0.5, 0.6) is 0 Å². The smallest absolute Gasteiger partial charge is 0.220 e. The van der Waals surface area contributed by atoms with Gasteiger partial charge in [-0.2, -0.15) is 0 Å². The predicted octanol–water partition coefficient (Wildman–Crippen LogP) is 1.05. The first-order valence-electron chi connectivity index (χ1n) is 5.76. The molecular formula is C12H20N2O. The Balaban J connectivity index is 2.03. The third-order valence-corrected chi connectivity index (χ3v) is 2.72. The van der Waals surface area contributed by atoms with Crippen molar-refractivity contribution in [3.05, 3.63) is 0 Å². The molecule has 0 aromatic heterocycles. The van der Waals surface area contributed by atoms with Crippen LogP contribution in [0, 0.1) is 12.3 Å². The summed E-state index contributed by atoms with van der Waals surface area (Å²) < 4.78 is 0. The van der Waals surface area contributed by atoms with Gasteiger partial charge in [-0.05, 0) is 25.8 Å². The Morgan fingerprint density at radius 3 is 3.07 bits per heavy atom. The molecular weight excluding hydrogens is 188 g/mol. The topological polar surface area (TPSA) is 41.1 Å². The fraction of sp³-hybridized carbons (Fsp3) is 0.750. The van der Waals surface area contributed by atoms with Gasteiger partial charge >= 0.3 is 0 Å². The van der Waals surface area contributed by atoms with Gasteiger partial charge in [-0.15, -0.1) is 12.3 Å². The lowest BCUT2D eigenvalue weighted by molar-refractivity contribution is -0.121. The highest BCUT2D eigenvalue weighted by Crippen LogP contribution is 2.11. The summed E-state index contributed by atoms with van der Waals surface area (Å²) in [4.78, 5) is 11.4. The van der Waals surface area contributed by atoms with Crippen LogP contribution in [0.3, 0.4) is 0 Å². The van der Waals surface area contributed by atoms with E-state index in [0.29, 0.717) is 25.4 Å². The van der Waals surface area contributed by atoms with Crippen LogP contribution >= 0.6 is 0 Å². The van der Waals surface area contributed by atoms with E-state index >= 15 is 0 Å². The minimum absolute atomic E-state index is 0.123. The van der Waals surface area contributed by atoms with Crippen molar-refractivity contribution in [2.45, 2.75) is 44.6 Å². The predicted molar refractivity (Wildman–Crippen MR) is 61.3 cm³/mol. The molecule has 84 valence electrons. The summed E-state index contributed by atoms with van der Waals surface area (Å²) in [6, 6.07) is 0.539. The molecule has 1 aliphatic rings. The van der Waals surface area contributed by atoms with E-state index < -0.39 is 0 Å². The third-order valence-electron chi connectivity index (χ3n) is 2.72.